The maximum atomic E-state index is 12.1. The van der Waals surface area contributed by atoms with Gasteiger partial charge in [-0.1, -0.05) is 38.1 Å². The van der Waals surface area contributed by atoms with Crippen molar-refractivity contribution in [1.82, 2.24) is 0 Å². The van der Waals surface area contributed by atoms with Crippen molar-refractivity contribution in [3.63, 3.8) is 0 Å². The number of ether oxygens (including phenoxy) is 4. The lowest BCUT2D eigenvalue weighted by molar-refractivity contribution is -0.138. The number of benzene rings is 2. The van der Waals surface area contributed by atoms with E-state index in [4.69, 9.17) is 18.9 Å². The lowest BCUT2D eigenvalue weighted by atomic mass is 9.84. The Kier molecular flexibility index (Phi) is 7.93. The molecular formula is C27H34N2O6. The summed E-state index contributed by atoms with van der Waals surface area (Å²) in [5.41, 5.74) is 3.52. The molecule has 0 bridgehead atoms. The minimum Gasteiger partial charge on any atom is -0.449 e. The van der Waals surface area contributed by atoms with Crippen LogP contribution in [0.3, 0.4) is 0 Å². The fourth-order valence-corrected chi connectivity index (χ4v) is 3.95. The summed E-state index contributed by atoms with van der Waals surface area (Å²) >= 11 is 0. The van der Waals surface area contributed by atoms with Gasteiger partial charge >= 0.3 is 12.2 Å². The molecule has 0 aliphatic carbocycles. The molecular weight excluding hydrogens is 448 g/mol. The standard InChI is InChI=1S/C27H34N2O6/c1-3-26(14-32-15-26)18-34-24(30)28-22-9-5-20(6-10-22)13-21-7-11-23(12-8-21)29-25(31)35-19-27(4-2)16-33-17-27/h5-12H,3-4,13-19H2,1-2H3,(H,28,30)(H,29,31). The number of hydrogen-bond donors (Lipinski definition) is 2. The molecule has 0 radical (unpaired) electrons. The van der Waals surface area contributed by atoms with Crippen LogP contribution in [0.4, 0.5) is 21.0 Å². The number of hydrogen-bond acceptors (Lipinski definition) is 6. The summed E-state index contributed by atoms with van der Waals surface area (Å²) in [7, 11) is 0. The number of nitrogens with one attached hydrogen (secondary N) is 2. The number of carbonyl (C=O) groups excluding carboxylic acids is 2. The van der Waals surface area contributed by atoms with Gasteiger partial charge in [-0.3, -0.25) is 10.6 Å². The zero-order valence-electron chi connectivity index (χ0n) is 20.4. The predicted octanol–water partition coefficient (Wildman–Crippen LogP) is 5.23. The molecule has 8 nitrogen and oxygen atoms in total. The molecule has 2 heterocycles. The highest BCUT2D eigenvalue weighted by Gasteiger charge is 2.39. The molecule has 0 atom stereocenters. The Morgan fingerprint density at radius 1 is 0.714 bits per heavy atom. The van der Waals surface area contributed by atoms with Crippen molar-refractivity contribution in [3.05, 3.63) is 59.7 Å². The highest BCUT2D eigenvalue weighted by molar-refractivity contribution is 5.85. The molecule has 0 aromatic heterocycles. The highest BCUT2D eigenvalue weighted by atomic mass is 16.6. The third-order valence-corrected chi connectivity index (χ3v) is 6.96. The third kappa shape index (κ3) is 6.52. The molecule has 2 aromatic rings. The van der Waals surface area contributed by atoms with E-state index >= 15 is 0 Å². The molecule has 0 unspecified atom stereocenters. The van der Waals surface area contributed by atoms with Crippen molar-refractivity contribution in [2.24, 2.45) is 10.8 Å². The van der Waals surface area contributed by atoms with Crippen molar-refractivity contribution in [2.45, 2.75) is 33.1 Å². The van der Waals surface area contributed by atoms with E-state index < -0.39 is 12.2 Å². The average Bonchev–Trinajstić information content (AvgIpc) is 2.81. The molecule has 188 valence electrons. The minimum atomic E-state index is -0.454. The van der Waals surface area contributed by atoms with Crippen LogP contribution in [-0.2, 0) is 25.4 Å². The molecule has 0 saturated carbocycles. The molecule has 35 heavy (non-hydrogen) atoms. The van der Waals surface area contributed by atoms with Gasteiger partial charge in [-0.2, -0.15) is 0 Å². The Balaban J connectivity index is 1.20. The second-order valence-electron chi connectivity index (χ2n) is 9.67. The molecule has 2 aliphatic heterocycles. The van der Waals surface area contributed by atoms with Gasteiger partial charge in [-0.05, 0) is 54.7 Å². The highest BCUT2D eigenvalue weighted by Crippen LogP contribution is 2.32. The quantitative estimate of drug-likeness (QED) is 0.482. The average molecular weight is 483 g/mol. The normalized spacial score (nSPS) is 17.4. The number of rotatable bonds is 10. The van der Waals surface area contributed by atoms with Crippen LogP contribution in [0, 0.1) is 10.8 Å². The third-order valence-electron chi connectivity index (χ3n) is 6.96. The topological polar surface area (TPSA) is 95.1 Å². The van der Waals surface area contributed by atoms with Gasteiger partial charge in [0.25, 0.3) is 0 Å². The maximum absolute atomic E-state index is 12.1. The van der Waals surface area contributed by atoms with Gasteiger partial charge in [0.05, 0.1) is 37.3 Å². The van der Waals surface area contributed by atoms with Gasteiger partial charge in [0, 0.05) is 11.4 Å². The molecule has 2 fully saturated rings. The van der Waals surface area contributed by atoms with Crippen molar-refractivity contribution in [2.75, 3.05) is 50.3 Å². The van der Waals surface area contributed by atoms with Crippen LogP contribution in [0.1, 0.15) is 37.8 Å². The van der Waals surface area contributed by atoms with Gasteiger partial charge in [0.1, 0.15) is 13.2 Å². The summed E-state index contributed by atoms with van der Waals surface area (Å²) in [6, 6.07) is 15.3. The summed E-state index contributed by atoms with van der Waals surface area (Å²) in [4.78, 5) is 24.2. The van der Waals surface area contributed by atoms with Crippen LogP contribution in [-0.4, -0.2) is 51.8 Å². The second kappa shape index (κ2) is 11.1. The van der Waals surface area contributed by atoms with E-state index in [9.17, 15) is 9.59 Å². The zero-order valence-corrected chi connectivity index (χ0v) is 20.4. The zero-order chi connectivity index (χ0) is 24.7. The Morgan fingerprint density at radius 2 is 1.09 bits per heavy atom. The summed E-state index contributed by atoms with van der Waals surface area (Å²) in [6.07, 6.45) is 1.67. The van der Waals surface area contributed by atoms with Crippen LogP contribution in [0.5, 0.6) is 0 Å². The first-order chi connectivity index (χ1) is 16.9. The Bertz CT molecular complexity index is 905. The fraction of sp³-hybridized carbons (Fsp3) is 0.481. The van der Waals surface area contributed by atoms with E-state index in [1.165, 1.54) is 0 Å². The first-order valence-corrected chi connectivity index (χ1v) is 12.1. The number of anilines is 2. The molecule has 2 N–H and O–H groups in total. The lowest BCUT2D eigenvalue weighted by Crippen LogP contribution is -2.46. The minimum absolute atomic E-state index is 0.0318. The Labute approximate surface area is 206 Å². The van der Waals surface area contributed by atoms with Crippen LogP contribution < -0.4 is 10.6 Å². The van der Waals surface area contributed by atoms with Crippen molar-refractivity contribution in [3.8, 4) is 0 Å². The lowest BCUT2D eigenvalue weighted by Gasteiger charge is -2.39. The van der Waals surface area contributed by atoms with Crippen LogP contribution >= 0.6 is 0 Å². The van der Waals surface area contributed by atoms with E-state index in [0.717, 1.165) is 30.4 Å². The first kappa shape index (κ1) is 25.0. The van der Waals surface area contributed by atoms with Crippen molar-refractivity contribution < 1.29 is 28.5 Å². The summed E-state index contributed by atoms with van der Waals surface area (Å²) in [6.45, 7) is 7.45. The largest absolute Gasteiger partial charge is 0.449 e. The summed E-state index contributed by atoms with van der Waals surface area (Å²) in [5, 5.41) is 5.55. The van der Waals surface area contributed by atoms with Crippen LogP contribution in [0.2, 0.25) is 0 Å². The van der Waals surface area contributed by atoms with Crippen molar-refractivity contribution >= 4 is 23.6 Å². The molecule has 0 spiro atoms. The van der Waals surface area contributed by atoms with Gasteiger partial charge < -0.3 is 18.9 Å². The fourth-order valence-electron chi connectivity index (χ4n) is 3.95. The van der Waals surface area contributed by atoms with E-state index in [0.29, 0.717) is 51.0 Å². The van der Waals surface area contributed by atoms with Gasteiger partial charge in [-0.15, -0.1) is 0 Å². The van der Waals surface area contributed by atoms with E-state index in [1.54, 1.807) is 0 Å². The molecule has 2 aromatic carbocycles. The second-order valence-corrected chi connectivity index (χ2v) is 9.67. The Hall–Kier alpha value is -3.10. The van der Waals surface area contributed by atoms with E-state index in [1.807, 2.05) is 48.5 Å². The van der Waals surface area contributed by atoms with Crippen LogP contribution in [0.15, 0.2) is 48.5 Å². The Morgan fingerprint density at radius 3 is 1.37 bits per heavy atom. The van der Waals surface area contributed by atoms with E-state index in [-0.39, 0.29) is 10.8 Å². The summed E-state index contributed by atoms with van der Waals surface area (Å²) < 4.78 is 21.3. The van der Waals surface area contributed by atoms with Crippen molar-refractivity contribution in [1.29, 1.82) is 0 Å². The smallest absolute Gasteiger partial charge is 0.411 e. The van der Waals surface area contributed by atoms with Crippen LogP contribution in [0.25, 0.3) is 0 Å². The molecule has 2 aliphatic rings. The van der Waals surface area contributed by atoms with E-state index in [2.05, 4.69) is 24.5 Å². The molecule has 4 rings (SSSR count). The maximum Gasteiger partial charge on any atom is 0.411 e. The van der Waals surface area contributed by atoms with Gasteiger partial charge in [-0.25, -0.2) is 9.59 Å². The predicted molar refractivity (Wildman–Crippen MR) is 133 cm³/mol. The summed E-state index contributed by atoms with van der Waals surface area (Å²) in [5.74, 6) is 0. The van der Waals surface area contributed by atoms with Gasteiger partial charge in [0.15, 0.2) is 0 Å². The number of amides is 2. The van der Waals surface area contributed by atoms with Gasteiger partial charge in [0.2, 0.25) is 0 Å². The molecule has 2 saturated heterocycles. The first-order valence-electron chi connectivity index (χ1n) is 12.1. The SMILES string of the molecule is CCC1(COC(=O)Nc2ccc(Cc3ccc(NC(=O)OCC4(CC)COC4)cc3)cc2)COC1. The molecule has 2 amide bonds. The number of carbonyl (C=O) groups is 2. The monoisotopic (exact) mass is 482 g/mol. The molecule has 8 heteroatoms.